The minimum atomic E-state index is -1.02. The Labute approximate surface area is 180 Å². The van der Waals surface area contributed by atoms with Crippen LogP contribution in [0.4, 0.5) is 0 Å². The van der Waals surface area contributed by atoms with Gasteiger partial charge in [-0.25, -0.2) is 0 Å². The molecule has 5 rings (SSSR count). The fourth-order valence-electron chi connectivity index (χ4n) is 5.94. The second kappa shape index (κ2) is 7.18. The van der Waals surface area contributed by atoms with E-state index in [1.165, 1.54) is 0 Å². The quantitative estimate of drug-likeness (QED) is 0.674. The fraction of sp³-hybridized carbons (Fsp3) is 0.636. The summed E-state index contributed by atoms with van der Waals surface area (Å²) in [6.07, 6.45) is 4.67. The molecule has 0 radical (unpaired) electrons. The van der Waals surface area contributed by atoms with Gasteiger partial charge in [0.1, 0.15) is 11.5 Å². The van der Waals surface area contributed by atoms with Crippen molar-refractivity contribution >= 4 is 27.7 Å². The monoisotopic (exact) mass is 464 g/mol. The molecule has 4 bridgehead atoms. The molecule has 29 heavy (non-hydrogen) atoms. The molecule has 0 aromatic heterocycles. The van der Waals surface area contributed by atoms with Crippen molar-refractivity contribution in [2.45, 2.75) is 57.6 Å². The minimum absolute atomic E-state index is 0.0944. The van der Waals surface area contributed by atoms with Crippen molar-refractivity contribution in [2.75, 3.05) is 7.11 Å². The summed E-state index contributed by atoms with van der Waals surface area (Å²) in [4.78, 5) is 25.2. The summed E-state index contributed by atoms with van der Waals surface area (Å²) >= 11 is 3.45. The van der Waals surface area contributed by atoms with Gasteiger partial charge in [0.2, 0.25) is 5.91 Å². The lowest BCUT2D eigenvalue weighted by Gasteiger charge is -2.59. The highest BCUT2D eigenvalue weighted by atomic mass is 79.9. The summed E-state index contributed by atoms with van der Waals surface area (Å²) in [7, 11) is 1.60. The molecular weight excluding hydrogens is 436 g/mol. The summed E-state index contributed by atoms with van der Waals surface area (Å²) in [6.45, 7) is 3.56. The molecule has 4 saturated carbocycles. The lowest BCUT2D eigenvalue weighted by atomic mass is 9.47. The number of amides is 2. The molecule has 4 aliphatic rings. The molecule has 0 saturated heterocycles. The van der Waals surface area contributed by atoms with Gasteiger partial charge in [0.05, 0.1) is 11.6 Å². The molecular formula is C22H29BrN2O4. The number of halogens is 1. The Morgan fingerprint density at radius 2 is 1.86 bits per heavy atom. The van der Waals surface area contributed by atoms with Crippen LogP contribution >= 0.6 is 15.9 Å². The van der Waals surface area contributed by atoms with Gasteiger partial charge in [-0.3, -0.25) is 9.59 Å². The van der Waals surface area contributed by atoms with Crippen LogP contribution in [0.25, 0.3) is 0 Å². The van der Waals surface area contributed by atoms with E-state index >= 15 is 0 Å². The number of methoxy groups -OCH3 is 1. The van der Waals surface area contributed by atoms with Crippen LogP contribution in [0.3, 0.4) is 0 Å². The second-order valence-electron chi connectivity index (χ2n) is 9.52. The van der Waals surface area contributed by atoms with Crippen LogP contribution in [0.15, 0.2) is 22.7 Å². The highest BCUT2D eigenvalue weighted by Crippen LogP contribution is 2.60. The Bertz CT molecular complexity index is 824. The molecule has 4 fully saturated rings. The number of hydrogen-bond acceptors (Lipinski definition) is 4. The zero-order chi connectivity index (χ0) is 21.0. The molecule has 4 aliphatic carbocycles. The lowest BCUT2D eigenvalue weighted by Crippen LogP contribution is -2.63. The summed E-state index contributed by atoms with van der Waals surface area (Å²) in [6, 6.07) is 5.48. The van der Waals surface area contributed by atoms with E-state index in [1.807, 2.05) is 0 Å². The number of rotatable bonds is 6. The largest absolute Gasteiger partial charge is 0.496 e. The Balaban J connectivity index is 1.45. The van der Waals surface area contributed by atoms with Crippen molar-refractivity contribution in [1.82, 2.24) is 5.32 Å². The number of primary amides is 1. The van der Waals surface area contributed by atoms with Gasteiger partial charge in [-0.15, -0.1) is 0 Å². The zero-order valence-corrected chi connectivity index (χ0v) is 18.8. The molecule has 1 aromatic rings. The van der Waals surface area contributed by atoms with Crippen molar-refractivity contribution in [3.05, 3.63) is 22.7 Å². The molecule has 1 aromatic carbocycles. The topological polar surface area (TPSA) is 90.7 Å². The number of carbonyl (C=O) groups excluding carboxylic acids is 2. The van der Waals surface area contributed by atoms with Crippen LogP contribution in [-0.4, -0.2) is 30.6 Å². The Morgan fingerprint density at radius 3 is 2.41 bits per heavy atom. The van der Waals surface area contributed by atoms with Gasteiger partial charge in [-0.05, 0) is 97.8 Å². The first-order valence-corrected chi connectivity index (χ1v) is 11.1. The number of nitrogens with two attached hydrogens (primary N) is 1. The lowest BCUT2D eigenvalue weighted by molar-refractivity contribution is -0.150. The van der Waals surface area contributed by atoms with Gasteiger partial charge in [0, 0.05) is 11.5 Å². The Morgan fingerprint density at radius 1 is 1.21 bits per heavy atom. The maximum absolute atomic E-state index is 13.1. The molecule has 0 heterocycles. The van der Waals surface area contributed by atoms with E-state index in [0.717, 1.165) is 36.6 Å². The molecule has 6 nitrogen and oxygen atoms in total. The Hall–Kier alpha value is -1.76. The number of ether oxygens (including phenoxy) is 2. The molecule has 0 aliphatic heterocycles. The van der Waals surface area contributed by atoms with Gasteiger partial charge in [0.25, 0.3) is 5.91 Å². The van der Waals surface area contributed by atoms with E-state index in [2.05, 4.69) is 21.2 Å². The van der Waals surface area contributed by atoms with E-state index in [1.54, 1.807) is 39.2 Å². The van der Waals surface area contributed by atoms with Crippen LogP contribution in [0.5, 0.6) is 11.5 Å². The van der Waals surface area contributed by atoms with Crippen LogP contribution in [0.2, 0.25) is 0 Å². The first kappa shape index (κ1) is 20.5. The second-order valence-corrected chi connectivity index (χ2v) is 10.4. The molecule has 0 spiro atoms. The number of carbonyl (C=O) groups is 2. The number of nitrogens with one attached hydrogen (secondary N) is 1. The van der Waals surface area contributed by atoms with Crippen molar-refractivity contribution in [3.63, 3.8) is 0 Å². The summed E-state index contributed by atoms with van der Waals surface area (Å²) in [5.41, 5.74) is 4.40. The van der Waals surface area contributed by atoms with Crippen LogP contribution in [0.1, 0.15) is 46.0 Å². The molecule has 2 unspecified atom stereocenters. The fourth-order valence-corrected chi connectivity index (χ4v) is 6.46. The van der Waals surface area contributed by atoms with Crippen LogP contribution in [0, 0.1) is 23.2 Å². The third-order valence-corrected chi connectivity index (χ3v) is 7.76. The maximum atomic E-state index is 13.1. The first-order valence-electron chi connectivity index (χ1n) is 10.3. The number of benzene rings is 1. The predicted octanol–water partition coefficient (Wildman–Crippen LogP) is 3.41. The SMILES string of the molecule is COc1ccc(OC(C)(C)C(=O)NC2C3CC4CC2CC(C(N)=O)(C4)C3)cc1Br. The minimum Gasteiger partial charge on any atom is -0.496 e. The smallest absolute Gasteiger partial charge is 0.263 e. The van der Waals surface area contributed by atoms with E-state index in [4.69, 9.17) is 15.2 Å². The summed E-state index contributed by atoms with van der Waals surface area (Å²) < 4.78 is 12.0. The van der Waals surface area contributed by atoms with Crippen molar-refractivity contribution in [1.29, 1.82) is 0 Å². The van der Waals surface area contributed by atoms with Gasteiger partial charge in [0.15, 0.2) is 5.60 Å². The van der Waals surface area contributed by atoms with Crippen LogP contribution in [-0.2, 0) is 9.59 Å². The highest BCUT2D eigenvalue weighted by molar-refractivity contribution is 9.10. The normalized spacial score (nSPS) is 32.7. The van der Waals surface area contributed by atoms with Gasteiger partial charge < -0.3 is 20.5 Å². The van der Waals surface area contributed by atoms with E-state index in [-0.39, 0.29) is 23.3 Å². The van der Waals surface area contributed by atoms with Crippen molar-refractivity contribution < 1.29 is 19.1 Å². The first-order chi connectivity index (χ1) is 13.6. The standard InChI is InChI=1S/C22H29BrN2O4/c1-21(2,29-15-4-5-17(28-3)16(23)8-15)20(27)25-18-13-6-12-7-14(18)11-22(9-12,10-13)19(24)26/h4-5,8,12-14,18H,6-7,9-11H2,1-3H3,(H2,24,26)(H,25,27). The van der Waals surface area contributed by atoms with E-state index in [0.29, 0.717) is 29.3 Å². The summed E-state index contributed by atoms with van der Waals surface area (Å²) in [5.74, 6) is 2.22. The van der Waals surface area contributed by atoms with E-state index in [9.17, 15) is 9.59 Å². The molecule has 2 atom stereocenters. The molecule has 3 N–H and O–H groups in total. The van der Waals surface area contributed by atoms with Gasteiger partial charge in [-0.1, -0.05) is 0 Å². The van der Waals surface area contributed by atoms with Crippen molar-refractivity contribution in [2.24, 2.45) is 28.9 Å². The van der Waals surface area contributed by atoms with Crippen LogP contribution < -0.4 is 20.5 Å². The van der Waals surface area contributed by atoms with Crippen molar-refractivity contribution in [3.8, 4) is 11.5 Å². The molecule has 7 heteroatoms. The Kier molecular flexibility index (Phi) is 5.08. The average molecular weight is 465 g/mol. The number of hydrogen-bond donors (Lipinski definition) is 2. The van der Waals surface area contributed by atoms with Gasteiger partial charge in [-0.2, -0.15) is 0 Å². The maximum Gasteiger partial charge on any atom is 0.263 e. The third kappa shape index (κ3) is 3.62. The third-order valence-electron chi connectivity index (χ3n) is 7.14. The highest BCUT2D eigenvalue weighted by Gasteiger charge is 2.58. The summed E-state index contributed by atoms with van der Waals surface area (Å²) in [5, 5.41) is 3.26. The zero-order valence-electron chi connectivity index (χ0n) is 17.2. The molecule has 158 valence electrons. The predicted molar refractivity (Wildman–Crippen MR) is 113 cm³/mol. The molecule has 2 amide bonds. The van der Waals surface area contributed by atoms with E-state index < -0.39 is 5.60 Å². The van der Waals surface area contributed by atoms with Gasteiger partial charge >= 0.3 is 0 Å². The average Bonchev–Trinajstić information content (AvgIpc) is 2.63.